The second kappa shape index (κ2) is 7.99. The van der Waals surface area contributed by atoms with Crippen molar-refractivity contribution >= 4 is 29.1 Å². The van der Waals surface area contributed by atoms with Crippen molar-refractivity contribution in [3.63, 3.8) is 0 Å². The van der Waals surface area contributed by atoms with E-state index in [1.807, 2.05) is 12.1 Å². The molecule has 0 bridgehead atoms. The minimum Gasteiger partial charge on any atom is -0.375 e. The average molecular weight is 331 g/mol. The van der Waals surface area contributed by atoms with Gasteiger partial charge in [0.1, 0.15) is 0 Å². The highest BCUT2D eigenvalue weighted by Crippen LogP contribution is 2.21. The van der Waals surface area contributed by atoms with E-state index < -0.39 is 0 Å². The Balaban J connectivity index is 1.84. The molecule has 4 nitrogen and oxygen atoms in total. The number of morpholine rings is 1. The highest BCUT2D eigenvalue weighted by molar-refractivity contribution is 6.34. The number of ether oxygens (including phenoxy) is 1. The van der Waals surface area contributed by atoms with Gasteiger partial charge in [0.05, 0.1) is 12.7 Å². The van der Waals surface area contributed by atoms with Crippen LogP contribution >= 0.6 is 23.2 Å². The molecule has 1 aliphatic heterocycles. The maximum atomic E-state index is 10.9. The summed E-state index contributed by atoms with van der Waals surface area (Å²) in [5.74, 6) is -0.00349. The molecule has 0 spiro atoms. The van der Waals surface area contributed by atoms with Crippen LogP contribution in [0.2, 0.25) is 10.0 Å². The third kappa shape index (κ3) is 5.83. The van der Waals surface area contributed by atoms with Crippen molar-refractivity contribution in [1.82, 2.24) is 10.2 Å². The molecule has 6 heteroatoms. The Morgan fingerprint density at radius 2 is 2.10 bits per heavy atom. The van der Waals surface area contributed by atoms with Crippen molar-refractivity contribution in [2.45, 2.75) is 26.0 Å². The first-order valence-corrected chi connectivity index (χ1v) is 7.82. The Morgan fingerprint density at radius 1 is 1.38 bits per heavy atom. The molecule has 1 aliphatic rings. The van der Waals surface area contributed by atoms with Crippen LogP contribution in [0.15, 0.2) is 18.2 Å². The second-order valence-electron chi connectivity index (χ2n) is 5.28. The van der Waals surface area contributed by atoms with Gasteiger partial charge in [0.25, 0.3) is 0 Å². The van der Waals surface area contributed by atoms with Crippen LogP contribution in [-0.4, -0.2) is 43.2 Å². The fourth-order valence-corrected chi connectivity index (χ4v) is 3.04. The highest BCUT2D eigenvalue weighted by atomic mass is 35.5. The van der Waals surface area contributed by atoms with E-state index in [0.717, 1.165) is 31.6 Å². The number of nitrogens with one attached hydrogen (secondary N) is 1. The summed E-state index contributed by atoms with van der Waals surface area (Å²) in [6.07, 6.45) is 0.979. The zero-order valence-electron chi connectivity index (χ0n) is 12.1. The Hall–Kier alpha value is -0.810. The first kappa shape index (κ1) is 16.6. The SMILES string of the molecule is CC(=O)NCC[C@H]1CN(Cc2cc(Cl)cc(Cl)c2)CCO1. The van der Waals surface area contributed by atoms with E-state index in [2.05, 4.69) is 10.2 Å². The van der Waals surface area contributed by atoms with E-state index in [1.165, 1.54) is 6.92 Å². The van der Waals surface area contributed by atoms with Crippen molar-refractivity contribution in [3.8, 4) is 0 Å². The van der Waals surface area contributed by atoms with Gasteiger partial charge in [0.2, 0.25) is 5.91 Å². The van der Waals surface area contributed by atoms with E-state index >= 15 is 0 Å². The summed E-state index contributed by atoms with van der Waals surface area (Å²) in [5.41, 5.74) is 1.11. The summed E-state index contributed by atoms with van der Waals surface area (Å²) >= 11 is 12.1. The van der Waals surface area contributed by atoms with E-state index in [4.69, 9.17) is 27.9 Å². The Morgan fingerprint density at radius 3 is 2.76 bits per heavy atom. The van der Waals surface area contributed by atoms with E-state index in [1.54, 1.807) is 6.07 Å². The number of amides is 1. The minimum absolute atomic E-state index is 0.00349. The van der Waals surface area contributed by atoms with Crippen LogP contribution < -0.4 is 5.32 Å². The Bertz CT molecular complexity index is 476. The van der Waals surface area contributed by atoms with Crippen LogP contribution in [0.3, 0.4) is 0 Å². The second-order valence-corrected chi connectivity index (χ2v) is 6.15. The molecule has 2 rings (SSSR count). The molecule has 116 valence electrons. The zero-order valence-corrected chi connectivity index (χ0v) is 13.6. The first-order chi connectivity index (χ1) is 10.0. The van der Waals surface area contributed by atoms with Crippen LogP contribution in [0.4, 0.5) is 0 Å². The standard InChI is InChI=1S/C15H20Cl2N2O2/c1-11(20)18-3-2-15-10-19(4-5-21-15)9-12-6-13(16)8-14(17)7-12/h6-8,15H,2-5,9-10H2,1H3,(H,18,20)/t15-/m0/s1. The number of hydrogen-bond acceptors (Lipinski definition) is 3. The quantitative estimate of drug-likeness (QED) is 0.902. The fraction of sp³-hybridized carbons (Fsp3) is 0.533. The lowest BCUT2D eigenvalue weighted by Gasteiger charge is -2.33. The molecule has 1 aromatic rings. The monoisotopic (exact) mass is 330 g/mol. The number of halogens is 2. The van der Waals surface area contributed by atoms with Crippen LogP contribution in [-0.2, 0) is 16.1 Å². The maximum absolute atomic E-state index is 10.9. The van der Waals surface area contributed by atoms with Gasteiger partial charge in [-0.1, -0.05) is 23.2 Å². The fourth-order valence-electron chi connectivity index (χ4n) is 2.47. The number of nitrogens with zero attached hydrogens (tertiary/aromatic N) is 1. The van der Waals surface area contributed by atoms with E-state index in [-0.39, 0.29) is 12.0 Å². The lowest BCUT2D eigenvalue weighted by Crippen LogP contribution is -2.43. The maximum Gasteiger partial charge on any atom is 0.216 e. The van der Waals surface area contributed by atoms with Crippen LogP contribution in [0.1, 0.15) is 18.9 Å². The van der Waals surface area contributed by atoms with Gasteiger partial charge in [-0.3, -0.25) is 9.69 Å². The van der Waals surface area contributed by atoms with Crippen LogP contribution in [0.5, 0.6) is 0 Å². The Kier molecular flexibility index (Phi) is 6.30. The number of hydrogen-bond donors (Lipinski definition) is 1. The van der Waals surface area contributed by atoms with Gasteiger partial charge in [-0.15, -0.1) is 0 Å². The number of carbonyl (C=O) groups is 1. The molecular weight excluding hydrogens is 311 g/mol. The molecule has 1 saturated heterocycles. The van der Waals surface area contributed by atoms with Crippen molar-refractivity contribution in [2.75, 3.05) is 26.2 Å². The molecule has 1 aromatic carbocycles. The van der Waals surface area contributed by atoms with Gasteiger partial charge >= 0.3 is 0 Å². The molecular formula is C15H20Cl2N2O2. The summed E-state index contributed by atoms with van der Waals surface area (Å²) in [5, 5.41) is 4.12. The molecule has 1 N–H and O–H groups in total. The van der Waals surface area contributed by atoms with Gasteiger partial charge in [-0.05, 0) is 30.2 Å². The van der Waals surface area contributed by atoms with Gasteiger partial charge in [0, 0.05) is 43.1 Å². The average Bonchev–Trinajstić information content (AvgIpc) is 2.37. The molecule has 1 atom stereocenters. The lowest BCUT2D eigenvalue weighted by atomic mass is 10.1. The largest absolute Gasteiger partial charge is 0.375 e. The molecule has 0 aromatic heterocycles. The molecule has 1 amide bonds. The lowest BCUT2D eigenvalue weighted by molar-refractivity contribution is -0.119. The van der Waals surface area contributed by atoms with Gasteiger partial charge in [-0.25, -0.2) is 0 Å². The summed E-state index contributed by atoms with van der Waals surface area (Å²) in [7, 11) is 0. The summed E-state index contributed by atoms with van der Waals surface area (Å²) in [6.45, 7) is 5.43. The molecule has 0 unspecified atom stereocenters. The summed E-state index contributed by atoms with van der Waals surface area (Å²) < 4.78 is 5.73. The molecule has 1 fully saturated rings. The topological polar surface area (TPSA) is 41.6 Å². The highest BCUT2D eigenvalue weighted by Gasteiger charge is 2.20. The van der Waals surface area contributed by atoms with Crippen molar-refractivity contribution in [2.24, 2.45) is 0 Å². The Labute approximate surface area is 135 Å². The van der Waals surface area contributed by atoms with E-state index in [9.17, 15) is 4.79 Å². The van der Waals surface area contributed by atoms with Crippen molar-refractivity contribution < 1.29 is 9.53 Å². The van der Waals surface area contributed by atoms with Crippen LogP contribution in [0, 0.1) is 0 Å². The van der Waals surface area contributed by atoms with Gasteiger partial charge in [-0.2, -0.15) is 0 Å². The zero-order chi connectivity index (χ0) is 15.2. The van der Waals surface area contributed by atoms with Gasteiger partial charge in [0.15, 0.2) is 0 Å². The van der Waals surface area contributed by atoms with Crippen molar-refractivity contribution in [1.29, 1.82) is 0 Å². The predicted molar refractivity (Wildman–Crippen MR) is 84.8 cm³/mol. The van der Waals surface area contributed by atoms with E-state index in [0.29, 0.717) is 23.2 Å². The van der Waals surface area contributed by atoms with Crippen molar-refractivity contribution in [3.05, 3.63) is 33.8 Å². The molecule has 21 heavy (non-hydrogen) atoms. The third-order valence-electron chi connectivity index (χ3n) is 3.39. The molecule has 1 heterocycles. The normalized spacial score (nSPS) is 19.5. The number of carbonyl (C=O) groups excluding carboxylic acids is 1. The molecule has 0 radical (unpaired) electrons. The van der Waals surface area contributed by atoms with Crippen LogP contribution in [0.25, 0.3) is 0 Å². The summed E-state index contributed by atoms with van der Waals surface area (Å²) in [6, 6.07) is 5.62. The minimum atomic E-state index is -0.00349. The number of benzene rings is 1. The summed E-state index contributed by atoms with van der Waals surface area (Å²) in [4.78, 5) is 13.2. The predicted octanol–water partition coefficient (Wildman–Crippen LogP) is 2.72. The number of rotatable bonds is 5. The molecule has 0 saturated carbocycles. The van der Waals surface area contributed by atoms with Gasteiger partial charge < -0.3 is 10.1 Å². The smallest absolute Gasteiger partial charge is 0.216 e. The molecule has 0 aliphatic carbocycles. The third-order valence-corrected chi connectivity index (χ3v) is 3.83. The first-order valence-electron chi connectivity index (χ1n) is 7.06.